The summed E-state index contributed by atoms with van der Waals surface area (Å²) in [7, 11) is -3.82. The van der Waals surface area contributed by atoms with E-state index < -0.39 is 33.7 Å². The van der Waals surface area contributed by atoms with E-state index in [2.05, 4.69) is 10.3 Å². The molecule has 0 bridgehead atoms. The Hall–Kier alpha value is -3.77. The van der Waals surface area contributed by atoms with Crippen molar-refractivity contribution in [2.75, 3.05) is 13.1 Å². The fraction of sp³-hybridized carbons (Fsp3) is 0.448. The minimum absolute atomic E-state index is 0.0591. The Kier molecular flexibility index (Phi) is 7.06. The summed E-state index contributed by atoms with van der Waals surface area (Å²) in [5.74, 6) is -0.905. The molecule has 1 aliphatic carbocycles. The molecule has 1 saturated carbocycles. The van der Waals surface area contributed by atoms with Gasteiger partial charge in [0.2, 0.25) is 15.9 Å². The molecule has 11 nitrogen and oxygen atoms in total. The smallest absolute Gasteiger partial charge is 0.415 e. The SMILES string of the molecule is Cc1c(OC(=O)NC2(C(=O)N3CCC4C3C(=O)CN4S(=O)(=O)Cc3cccnc3)CCCCC2)oc2ccccc12. The maximum Gasteiger partial charge on any atom is 0.415 e. The second-order valence-electron chi connectivity index (χ2n) is 11.1. The number of fused-ring (bicyclic) bond motifs is 2. The minimum atomic E-state index is -3.82. The third-order valence-corrected chi connectivity index (χ3v) is 10.3. The van der Waals surface area contributed by atoms with Crippen LogP contribution in [-0.4, -0.2) is 71.1 Å². The van der Waals surface area contributed by atoms with Crippen LogP contribution in [0.5, 0.6) is 5.95 Å². The molecule has 1 N–H and O–H groups in total. The summed E-state index contributed by atoms with van der Waals surface area (Å²) in [6, 6.07) is 9.15. The number of carbonyl (C=O) groups excluding carboxylic acids is 3. The highest BCUT2D eigenvalue weighted by molar-refractivity contribution is 7.88. The topological polar surface area (TPSA) is 139 Å². The summed E-state index contributed by atoms with van der Waals surface area (Å²) in [4.78, 5) is 46.0. The number of sulfonamides is 1. The van der Waals surface area contributed by atoms with E-state index in [1.165, 1.54) is 15.4 Å². The van der Waals surface area contributed by atoms with Crippen molar-refractivity contribution >= 4 is 38.8 Å². The first-order valence-corrected chi connectivity index (χ1v) is 15.5. The largest absolute Gasteiger partial charge is 0.425 e. The number of carbonyl (C=O) groups is 3. The van der Waals surface area contributed by atoms with Gasteiger partial charge >= 0.3 is 6.09 Å². The van der Waals surface area contributed by atoms with Gasteiger partial charge in [0.15, 0.2) is 5.78 Å². The van der Waals surface area contributed by atoms with E-state index >= 15 is 0 Å². The van der Waals surface area contributed by atoms with Gasteiger partial charge in [-0.1, -0.05) is 43.5 Å². The maximum absolute atomic E-state index is 14.2. The molecule has 4 heterocycles. The van der Waals surface area contributed by atoms with Gasteiger partial charge in [0, 0.05) is 29.9 Å². The normalized spacial score (nSPS) is 22.6. The molecular formula is C29H32N4O7S. The number of para-hydroxylation sites is 1. The van der Waals surface area contributed by atoms with Crippen LogP contribution in [0.2, 0.25) is 0 Å². The van der Waals surface area contributed by atoms with Crippen molar-refractivity contribution in [3.63, 3.8) is 0 Å². The summed E-state index contributed by atoms with van der Waals surface area (Å²) in [6.45, 7) is 1.73. The van der Waals surface area contributed by atoms with Crippen LogP contribution in [-0.2, 0) is 25.4 Å². The molecule has 6 rings (SSSR count). The Morgan fingerprint density at radius 1 is 1.15 bits per heavy atom. The Morgan fingerprint density at radius 3 is 2.66 bits per heavy atom. The van der Waals surface area contributed by atoms with Gasteiger partial charge in [0.1, 0.15) is 17.2 Å². The minimum Gasteiger partial charge on any atom is -0.425 e. The summed E-state index contributed by atoms with van der Waals surface area (Å²) >= 11 is 0. The Balaban J connectivity index is 1.21. The van der Waals surface area contributed by atoms with Crippen LogP contribution in [0.1, 0.15) is 49.7 Å². The number of aromatic nitrogens is 1. The third kappa shape index (κ3) is 4.99. The number of hydrogen-bond donors (Lipinski definition) is 1. The lowest BCUT2D eigenvalue weighted by atomic mass is 9.80. The highest BCUT2D eigenvalue weighted by Crippen LogP contribution is 2.38. The lowest BCUT2D eigenvalue weighted by molar-refractivity contribution is -0.143. The van der Waals surface area contributed by atoms with Crippen molar-refractivity contribution in [3.05, 3.63) is 59.9 Å². The zero-order chi connectivity index (χ0) is 28.8. The Bertz CT molecular complexity index is 1600. The van der Waals surface area contributed by atoms with E-state index in [9.17, 15) is 22.8 Å². The van der Waals surface area contributed by atoms with Crippen LogP contribution in [0.4, 0.5) is 4.79 Å². The number of hydrogen-bond acceptors (Lipinski definition) is 8. The van der Waals surface area contributed by atoms with E-state index in [-0.39, 0.29) is 36.5 Å². The molecular weight excluding hydrogens is 548 g/mol. The number of ether oxygens (including phenoxy) is 1. The maximum atomic E-state index is 14.2. The molecule has 3 aliphatic rings. The molecule has 2 unspecified atom stereocenters. The molecule has 2 saturated heterocycles. The van der Waals surface area contributed by atoms with Crippen molar-refractivity contribution in [3.8, 4) is 5.95 Å². The predicted molar refractivity (Wildman–Crippen MR) is 148 cm³/mol. The number of amides is 2. The number of aryl methyl sites for hydroxylation is 1. The standard InChI is InChI=1S/C29H32N4O7S/c1-19-21-9-3-4-10-24(21)39-26(19)40-28(36)31-29(12-5-2-6-13-29)27(35)32-15-11-22-25(32)23(34)17-33(22)41(37,38)18-20-8-7-14-30-16-20/h3-4,7-10,14,16,22,25H,2,5-6,11-13,15,17-18H2,1H3,(H,31,36). The van der Waals surface area contributed by atoms with Gasteiger partial charge in [-0.25, -0.2) is 13.2 Å². The number of benzene rings is 1. The Labute approximate surface area is 237 Å². The zero-order valence-electron chi connectivity index (χ0n) is 22.7. The molecule has 0 radical (unpaired) electrons. The van der Waals surface area contributed by atoms with Gasteiger partial charge in [-0.3, -0.25) is 14.6 Å². The molecule has 0 spiro atoms. The third-order valence-electron chi connectivity index (χ3n) is 8.51. The number of ketones is 1. The van der Waals surface area contributed by atoms with E-state index in [0.717, 1.165) is 24.6 Å². The van der Waals surface area contributed by atoms with Crippen molar-refractivity contribution in [2.24, 2.45) is 0 Å². The summed E-state index contributed by atoms with van der Waals surface area (Å²) in [5.41, 5.74) is 0.526. The molecule has 3 fully saturated rings. The van der Waals surface area contributed by atoms with Crippen LogP contribution < -0.4 is 10.1 Å². The number of pyridine rings is 1. The van der Waals surface area contributed by atoms with Crippen LogP contribution in [0, 0.1) is 6.92 Å². The first kappa shape index (κ1) is 27.4. The first-order chi connectivity index (χ1) is 19.7. The van der Waals surface area contributed by atoms with Gasteiger partial charge < -0.3 is 19.4 Å². The monoisotopic (exact) mass is 580 g/mol. The molecule has 2 aliphatic heterocycles. The number of rotatable bonds is 6. The highest BCUT2D eigenvalue weighted by atomic mass is 32.2. The average molecular weight is 581 g/mol. The lowest BCUT2D eigenvalue weighted by Crippen LogP contribution is -2.62. The number of likely N-dealkylation sites (tertiary alicyclic amines) is 1. The first-order valence-electron chi connectivity index (χ1n) is 13.9. The second kappa shape index (κ2) is 10.6. The fourth-order valence-corrected chi connectivity index (χ4v) is 8.23. The van der Waals surface area contributed by atoms with Gasteiger partial charge in [0.25, 0.3) is 5.95 Å². The number of nitrogens with one attached hydrogen (secondary N) is 1. The van der Waals surface area contributed by atoms with Gasteiger partial charge in [-0.2, -0.15) is 4.31 Å². The van der Waals surface area contributed by atoms with Gasteiger partial charge in [-0.15, -0.1) is 0 Å². The molecule has 1 aromatic carbocycles. The summed E-state index contributed by atoms with van der Waals surface area (Å²) in [5, 5.41) is 3.66. The highest BCUT2D eigenvalue weighted by Gasteiger charge is 2.56. The molecule has 2 atom stereocenters. The number of furan rings is 1. The molecule has 2 aromatic heterocycles. The predicted octanol–water partition coefficient (Wildman–Crippen LogP) is 3.31. The van der Waals surface area contributed by atoms with E-state index in [1.807, 2.05) is 18.2 Å². The molecule has 2 amide bonds. The zero-order valence-corrected chi connectivity index (χ0v) is 23.6. The fourth-order valence-electron chi connectivity index (χ4n) is 6.52. The summed E-state index contributed by atoms with van der Waals surface area (Å²) < 4.78 is 39.1. The lowest BCUT2D eigenvalue weighted by Gasteiger charge is -2.40. The quantitative estimate of drug-likeness (QED) is 0.469. The van der Waals surface area contributed by atoms with E-state index in [4.69, 9.17) is 9.15 Å². The van der Waals surface area contributed by atoms with Crippen molar-refractivity contribution in [1.82, 2.24) is 19.5 Å². The van der Waals surface area contributed by atoms with Gasteiger partial charge in [-0.05, 0) is 43.9 Å². The van der Waals surface area contributed by atoms with E-state index in [1.54, 1.807) is 31.3 Å². The van der Waals surface area contributed by atoms with Crippen molar-refractivity contribution in [1.29, 1.82) is 0 Å². The van der Waals surface area contributed by atoms with Crippen LogP contribution in [0.15, 0.2) is 53.2 Å². The second-order valence-corrected chi connectivity index (χ2v) is 13.0. The number of nitrogens with zero attached hydrogens (tertiary/aromatic N) is 3. The molecule has 12 heteroatoms. The molecule has 3 aromatic rings. The number of Topliss-reactive ketones (excluding diaryl/α,β-unsaturated/α-hetero) is 1. The average Bonchev–Trinajstić information content (AvgIpc) is 3.63. The van der Waals surface area contributed by atoms with Crippen molar-refractivity contribution in [2.45, 2.75) is 68.8 Å². The molecule has 216 valence electrons. The van der Waals surface area contributed by atoms with Crippen LogP contribution in [0.25, 0.3) is 11.0 Å². The molecule has 41 heavy (non-hydrogen) atoms. The van der Waals surface area contributed by atoms with Crippen molar-refractivity contribution < 1.29 is 32.0 Å². The summed E-state index contributed by atoms with van der Waals surface area (Å²) in [6.07, 6.45) is 5.73. The van der Waals surface area contributed by atoms with E-state index in [0.29, 0.717) is 36.0 Å². The van der Waals surface area contributed by atoms with Crippen LogP contribution in [0.3, 0.4) is 0 Å². The Morgan fingerprint density at radius 2 is 1.93 bits per heavy atom. The van der Waals surface area contributed by atoms with Crippen LogP contribution >= 0.6 is 0 Å². The van der Waals surface area contributed by atoms with Gasteiger partial charge in [0.05, 0.1) is 18.3 Å².